The average Bonchev–Trinajstić information content (AvgIpc) is 3.06. The zero-order valence-electron chi connectivity index (χ0n) is 31.8. The number of ether oxygens (including phenoxy) is 3. The number of rotatable bonds is 31. The Kier molecular flexibility index (Phi) is 30.4. The molecule has 0 saturated carbocycles. The van der Waals surface area contributed by atoms with Crippen LogP contribution < -0.4 is 5.11 Å². The van der Waals surface area contributed by atoms with Gasteiger partial charge in [0.15, 0.2) is 6.10 Å². The van der Waals surface area contributed by atoms with Gasteiger partial charge in [-0.25, -0.2) is 0 Å². The summed E-state index contributed by atoms with van der Waals surface area (Å²) in [6, 6.07) is -0.741. The lowest BCUT2D eigenvalue weighted by atomic mass is 10.1. The van der Waals surface area contributed by atoms with Crippen LogP contribution in [-0.4, -0.2) is 75.5 Å². The van der Waals surface area contributed by atoms with Crippen LogP contribution in [0.1, 0.15) is 110 Å². The smallest absolute Gasteiger partial charge is 0.306 e. The maximum absolute atomic E-state index is 12.6. The second-order valence-electron chi connectivity index (χ2n) is 13.2. The molecule has 282 valence electrons. The van der Waals surface area contributed by atoms with Crippen molar-refractivity contribution in [2.24, 2.45) is 0 Å². The highest BCUT2D eigenvalue weighted by atomic mass is 16.6. The Labute approximate surface area is 303 Å². The molecular weight excluding hydrogens is 630 g/mol. The van der Waals surface area contributed by atoms with Gasteiger partial charge in [0, 0.05) is 19.3 Å². The minimum absolute atomic E-state index is 0.00878. The van der Waals surface area contributed by atoms with Crippen LogP contribution in [0.25, 0.3) is 0 Å². The van der Waals surface area contributed by atoms with E-state index in [-0.39, 0.29) is 49.1 Å². The summed E-state index contributed by atoms with van der Waals surface area (Å²) >= 11 is 0. The lowest BCUT2D eigenvalue weighted by molar-refractivity contribution is -0.889. The molecule has 0 amide bonds. The van der Waals surface area contributed by atoms with E-state index in [0.717, 1.165) is 57.8 Å². The molecule has 50 heavy (non-hydrogen) atoms. The number of hydrogen-bond donors (Lipinski definition) is 0. The van der Waals surface area contributed by atoms with Gasteiger partial charge < -0.3 is 28.6 Å². The van der Waals surface area contributed by atoms with Crippen LogP contribution in [-0.2, 0) is 28.6 Å². The zero-order chi connectivity index (χ0) is 37.1. The van der Waals surface area contributed by atoms with E-state index in [0.29, 0.717) is 12.8 Å². The number of allylic oxidation sites excluding steroid dienone is 14. The van der Waals surface area contributed by atoms with Gasteiger partial charge in [-0.15, -0.1) is 0 Å². The van der Waals surface area contributed by atoms with E-state index in [1.807, 2.05) is 48.6 Å². The standard InChI is InChI=1S/C42H67NO7/c1-6-8-10-12-14-16-18-19-20-21-23-25-27-29-31-33-41(45)50-38(36-48-35-34-39(42(46)47)43(3,4)5)37-49-40(44)32-30-28-26-24-22-17-15-13-11-9-7-2/h8,10,12-23,38-39H,6-7,9,11,24-37H2,1-5H3/b10-8+,14-12+,15-13+,18-16+,20-19+,22-17+,23-21+. The highest BCUT2D eigenvalue weighted by Crippen LogP contribution is 2.11. The van der Waals surface area contributed by atoms with Gasteiger partial charge in [-0.1, -0.05) is 125 Å². The summed E-state index contributed by atoms with van der Waals surface area (Å²) in [5, 5.41) is 11.6. The third-order valence-electron chi connectivity index (χ3n) is 7.67. The first-order valence-electron chi connectivity index (χ1n) is 18.7. The summed E-state index contributed by atoms with van der Waals surface area (Å²) in [5.41, 5.74) is 0. The summed E-state index contributed by atoms with van der Waals surface area (Å²) < 4.78 is 17.0. The van der Waals surface area contributed by atoms with E-state index in [2.05, 4.69) is 50.3 Å². The Bertz CT molecular complexity index is 1090. The quantitative estimate of drug-likeness (QED) is 0.0313. The largest absolute Gasteiger partial charge is 0.544 e. The third kappa shape index (κ3) is 30.6. The fourth-order valence-corrected chi connectivity index (χ4v) is 4.71. The van der Waals surface area contributed by atoms with Crippen LogP contribution in [0, 0.1) is 0 Å². The molecule has 0 aromatic rings. The third-order valence-corrected chi connectivity index (χ3v) is 7.67. The number of carboxylic acids is 1. The number of nitrogens with zero attached hydrogens (tertiary/aromatic N) is 1. The summed E-state index contributed by atoms with van der Waals surface area (Å²) in [6.07, 6.45) is 40.4. The van der Waals surface area contributed by atoms with Crippen molar-refractivity contribution in [1.82, 2.24) is 0 Å². The first-order valence-corrected chi connectivity index (χ1v) is 18.7. The van der Waals surface area contributed by atoms with Crippen LogP contribution in [0.2, 0.25) is 0 Å². The maximum Gasteiger partial charge on any atom is 0.306 e. The lowest BCUT2D eigenvalue weighted by Crippen LogP contribution is -2.55. The van der Waals surface area contributed by atoms with Crippen molar-refractivity contribution < 1.29 is 38.2 Å². The highest BCUT2D eigenvalue weighted by molar-refractivity contribution is 5.70. The molecule has 2 atom stereocenters. The topological polar surface area (TPSA) is 102 Å². The molecular formula is C42H67NO7. The van der Waals surface area contributed by atoms with Gasteiger partial charge in [0.2, 0.25) is 0 Å². The number of carbonyl (C=O) groups excluding carboxylic acids is 3. The number of likely N-dealkylation sites (N-methyl/N-ethyl adjacent to an activating group) is 1. The lowest BCUT2D eigenvalue weighted by Gasteiger charge is -2.34. The molecule has 0 heterocycles. The van der Waals surface area contributed by atoms with Crippen LogP contribution in [0.4, 0.5) is 0 Å². The van der Waals surface area contributed by atoms with Crippen molar-refractivity contribution in [3.63, 3.8) is 0 Å². The number of aliphatic carboxylic acids is 1. The number of carbonyl (C=O) groups is 3. The van der Waals surface area contributed by atoms with Gasteiger partial charge in [0.05, 0.1) is 40.3 Å². The molecule has 0 radical (unpaired) electrons. The predicted octanol–water partition coefficient (Wildman–Crippen LogP) is 8.07. The molecule has 0 aliphatic carbocycles. The fourth-order valence-electron chi connectivity index (χ4n) is 4.71. The van der Waals surface area contributed by atoms with Crippen LogP contribution in [0.15, 0.2) is 85.1 Å². The van der Waals surface area contributed by atoms with Crippen molar-refractivity contribution in [2.45, 2.75) is 122 Å². The summed E-state index contributed by atoms with van der Waals surface area (Å²) in [4.78, 5) is 36.6. The number of esters is 2. The molecule has 8 nitrogen and oxygen atoms in total. The zero-order valence-corrected chi connectivity index (χ0v) is 31.8. The van der Waals surface area contributed by atoms with Crippen LogP contribution in [0.5, 0.6) is 0 Å². The van der Waals surface area contributed by atoms with E-state index < -0.39 is 18.1 Å². The minimum atomic E-state index is -1.14. The normalized spacial score (nSPS) is 14.0. The molecule has 0 aromatic heterocycles. The molecule has 0 bridgehead atoms. The minimum Gasteiger partial charge on any atom is -0.544 e. The van der Waals surface area contributed by atoms with Gasteiger partial charge >= 0.3 is 11.9 Å². The van der Waals surface area contributed by atoms with Crippen molar-refractivity contribution in [3.8, 4) is 0 Å². The predicted molar refractivity (Wildman–Crippen MR) is 203 cm³/mol. The second-order valence-corrected chi connectivity index (χ2v) is 13.2. The molecule has 0 N–H and O–H groups in total. The molecule has 2 unspecified atom stereocenters. The van der Waals surface area contributed by atoms with Gasteiger partial charge in [-0.05, 0) is 51.4 Å². The molecule has 8 heteroatoms. The first-order chi connectivity index (χ1) is 24.1. The Morgan fingerprint density at radius 1 is 0.620 bits per heavy atom. The van der Waals surface area contributed by atoms with Gasteiger partial charge in [0.25, 0.3) is 0 Å². The second kappa shape index (κ2) is 32.7. The summed E-state index contributed by atoms with van der Waals surface area (Å²) in [7, 11) is 5.36. The Morgan fingerprint density at radius 2 is 1.12 bits per heavy atom. The maximum atomic E-state index is 12.6. The molecule has 0 saturated heterocycles. The van der Waals surface area contributed by atoms with Gasteiger partial charge in [-0.3, -0.25) is 9.59 Å². The number of quaternary nitrogens is 1. The van der Waals surface area contributed by atoms with Crippen molar-refractivity contribution in [1.29, 1.82) is 0 Å². The molecule has 0 spiro atoms. The summed E-state index contributed by atoms with van der Waals surface area (Å²) in [5.74, 6) is -1.85. The molecule has 0 aromatic carbocycles. The molecule has 0 aliphatic heterocycles. The van der Waals surface area contributed by atoms with E-state index in [9.17, 15) is 19.5 Å². The first kappa shape index (κ1) is 46.5. The fraction of sp³-hybridized carbons (Fsp3) is 0.595. The Morgan fingerprint density at radius 3 is 1.64 bits per heavy atom. The number of hydrogen-bond acceptors (Lipinski definition) is 7. The highest BCUT2D eigenvalue weighted by Gasteiger charge is 2.25. The van der Waals surface area contributed by atoms with Crippen molar-refractivity contribution in [3.05, 3.63) is 85.1 Å². The number of carboxylic acid groups (broad SMARTS) is 1. The van der Waals surface area contributed by atoms with E-state index >= 15 is 0 Å². The van der Waals surface area contributed by atoms with Gasteiger partial charge in [-0.2, -0.15) is 0 Å². The number of unbranched alkanes of at least 4 members (excludes halogenated alkanes) is 8. The summed E-state index contributed by atoms with van der Waals surface area (Å²) in [6.45, 7) is 4.34. The monoisotopic (exact) mass is 697 g/mol. The molecule has 0 aliphatic rings. The SMILES string of the molecule is CC/C=C/C=C/C=C/C=C/C=C/CCCCCC(=O)OC(COCCC(C(=O)[O-])[N+](C)(C)C)COC(=O)CCCCC/C=C/C=C/CCCC. The van der Waals surface area contributed by atoms with Crippen LogP contribution in [0.3, 0.4) is 0 Å². The Hall–Kier alpha value is -3.49. The van der Waals surface area contributed by atoms with Crippen LogP contribution >= 0.6 is 0 Å². The van der Waals surface area contributed by atoms with Gasteiger partial charge in [0.1, 0.15) is 12.6 Å². The average molecular weight is 698 g/mol. The van der Waals surface area contributed by atoms with E-state index in [1.54, 1.807) is 21.1 Å². The molecule has 0 fully saturated rings. The van der Waals surface area contributed by atoms with E-state index in [4.69, 9.17) is 14.2 Å². The van der Waals surface area contributed by atoms with Crippen molar-refractivity contribution >= 4 is 17.9 Å². The molecule has 0 rings (SSSR count). The van der Waals surface area contributed by atoms with E-state index in [1.165, 1.54) is 12.8 Å². The van der Waals surface area contributed by atoms with Crippen molar-refractivity contribution in [2.75, 3.05) is 41.0 Å². The Balaban J connectivity index is 4.60.